The third kappa shape index (κ3) is 8.42. The van der Waals surface area contributed by atoms with Crippen LogP contribution in [0.3, 0.4) is 0 Å². The zero-order valence-corrected chi connectivity index (χ0v) is 19.0. The van der Waals surface area contributed by atoms with Gasteiger partial charge in [-0.1, -0.05) is 32.0 Å². The molecule has 4 nitrogen and oxygen atoms in total. The van der Waals surface area contributed by atoms with Gasteiger partial charge in [0.15, 0.2) is 5.96 Å². The van der Waals surface area contributed by atoms with Crippen molar-refractivity contribution in [3.63, 3.8) is 0 Å². The van der Waals surface area contributed by atoms with Crippen LogP contribution in [0.25, 0.3) is 0 Å². The summed E-state index contributed by atoms with van der Waals surface area (Å²) in [6.45, 7) is 8.76. The maximum Gasteiger partial charge on any atom is 0.191 e. The Balaban J connectivity index is 0.00000312. The average Bonchev–Trinajstić information content (AvgIpc) is 3.06. The number of hydrogen-bond donors (Lipinski definition) is 2. The van der Waals surface area contributed by atoms with Crippen molar-refractivity contribution in [1.82, 2.24) is 15.6 Å². The monoisotopic (exact) mass is 490 g/mol. The highest BCUT2D eigenvalue weighted by Gasteiger charge is 2.06. The predicted octanol–water partition coefficient (Wildman–Crippen LogP) is 4.56. The van der Waals surface area contributed by atoms with Crippen molar-refractivity contribution in [1.29, 1.82) is 0 Å². The Kier molecular flexibility index (Phi) is 11.2. The Morgan fingerprint density at radius 2 is 2.00 bits per heavy atom. The number of nitrogens with one attached hydrogen (secondary N) is 2. The SMILES string of the molecule is CCNC(=NCc1csc(CC)n1)NCC(C)Sc1ccccc1.I. The van der Waals surface area contributed by atoms with Crippen LogP contribution in [0.1, 0.15) is 31.5 Å². The summed E-state index contributed by atoms with van der Waals surface area (Å²) in [6.07, 6.45) is 0.987. The van der Waals surface area contributed by atoms with Gasteiger partial charge in [-0.2, -0.15) is 0 Å². The average molecular weight is 490 g/mol. The highest BCUT2D eigenvalue weighted by atomic mass is 127. The normalized spacial score (nSPS) is 12.4. The summed E-state index contributed by atoms with van der Waals surface area (Å²) in [7, 11) is 0. The van der Waals surface area contributed by atoms with Crippen molar-refractivity contribution < 1.29 is 0 Å². The van der Waals surface area contributed by atoms with Crippen LogP contribution in [0.4, 0.5) is 0 Å². The van der Waals surface area contributed by atoms with Gasteiger partial charge < -0.3 is 10.6 Å². The Morgan fingerprint density at radius 1 is 1.24 bits per heavy atom. The predicted molar refractivity (Wildman–Crippen MR) is 121 cm³/mol. The second kappa shape index (κ2) is 12.5. The van der Waals surface area contributed by atoms with E-state index in [1.807, 2.05) is 17.8 Å². The lowest BCUT2D eigenvalue weighted by molar-refractivity contribution is 0.792. The van der Waals surface area contributed by atoms with Gasteiger partial charge in [0.25, 0.3) is 0 Å². The second-order valence-electron chi connectivity index (χ2n) is 5.40. The zero-order valence-electron chi connectivity index (χ0n) is 15.0. The number of halogens is 1. The second-order valence-corrected chi connectivity index (χ2v) is 7.86. The molecule has 0 amide bonds. The van der Waals surface area contributed by atoms with Crippen molar-refractivity contribution in [2.24, 2.45) is 4.99 Å². The minimum atomic E-state index is 0. The molecule has 1 aromatic carbocycles. The smallest absolute Gasteiger partial charge is 0.191 e. The topological polar surface area (TPSA) is 49.3 Å². The highest BCUT2D eigenvalue weighted by Crippen LogP contribution is 2.21. The van der Waals surface area contributed by atoms with Crippen molar-refractivity contribution in [3.8, 4) is 0 Å². The number of rotatable bonds is 8. The number of nitrogens with zero attached hydrogens (tertiary/aromatic N) is 2. The molecule has 1 heterocycles. The molecule has 1 unspecified atom stereocenters. The van der Waals surface area contributed by atoms with Gasteiger partial charge in [0, 0.05) is 28.6 Å². The standard InChI is InChI=1S/C18H26N4S2.HI/c1-4-17-22-15(13-23-17)12-21-18(19-5-2)20-11-14(3)24-16-9-7-6-8-10-16;/h6-10,13-14H,4-5,11-12H2,1-3H3,(H2,19,20,21);1H. The molecular weight excluding hydrogens is 463 g/mol. The number of hydrogen-bond acceptors (Lipinski definition) is 4. The Bertz CT molecular complexity index is 631. The van der Waals surface area contributed by atoms with Crippen LogP contribution in [0.5, 0.6) is 0 Å². The Labute approximate surface area is 176 Å². The molecule has 7 heteroatoms. The number of thioether (sulfide) groups is 1. The third-order valence-electron chi connectivity index (χ3n) is 3.28. The van der Waals surface area contributed by atoms with E-state index in [9.17, 15) is 0 Å². The molecule has 138 valence electrons. The lowest BCUT2D eigenvalue weighted by Crippen LogP contribution is -2.40. The maximum atomic E-state index is 4.64. The van der Waals surface area contributed by atoms with E-state index in [4.69, 9.17) is 0 Å². The lowest BCUT2D eigenvalue weighted by atomic mass is 10.4. The van der Waals surface area contributed by atoms with E-state index in [1.165, 1.54) is 9.90 Å². The molecule has 0 aliphatic heterocycles. The molecule has 0 aliphatic rings. The number of thiazole rings is 1. The van der Waals surface area contributed by atoms with E-state index in [1.54, 1.807) is 11.3 Å². The number of guanidine groups is 1. The van der Waals surface area contributed by atoms with Crippen LogP contribution in [0, 0.1) is 0 Å². The first kappa shape index (κ1) is 22.2. The van der Waals surface area contributed by atoms with E-state index in [0.717, 1.165) is 31.2 Å². The zero-order chi connectivity index (χ0) is 17.2. The number of aliphatic imine (C=N–C) groups is 1. The highest BCUT2D eigenvalue weighted by molar-refractivity contribution is 14.0. The minimum Gasteiger partial charge on any atom is -0.357 e. The maximum absolute atomic E-state index is 4.64. The van der Waals surface area contributed by atoms with Gasteiger partial charge in [-0.3, -0.25) is 0 Å². The summed E-state index contributed by atoms with van der Waals surface area (Å²) < 4.78 is 0. The summed E-state index contributed by atoms with van der Waals surface area (Å²) in [5.74, 6) is 0.851. The van der Waals surface area contributed by atoms with Crippen molar-refractivity contribution in [2.45, 2.75) is 43.9 Å². The Morgan fingerprint density at radius 3 is 2.64 bits per heavy atom. The van der Waals surface area contributed by atoms with Crippen LogP contribution >= 0.6 is 47.1 Å². The Hall–Kier alpha value is -0.800. The van der Waals surface area contributed by atoms with E-state index in [2.05, 4.69) is 71.0 Å². The quantitative estimate of drug-likeness (QED) is 0.247. The molecule has 0 fully saturated rings. The first-order valence-corrected chi connectivity index (χ1v) is 10.1. The number of benzene rings is 1. The first-order valence-electron chi connectivity index (χ1n) is 8.38. The molecule has 0 aliphatic carbocycles. The fraction of sp³-hybridized carbons (Fsp3) is 0.444. The van der Waals surface area contributed by atoms with Crippen LogP contribution in [-0.2, 0) is 13.0 Å². The van der Waals surface area contributed by atoms with E-state index < -0.39 is 0 Å². The molecule has 0 spiro atoms. The molecule has 0 radical (unpaired) electrons. The molecule has 0 saturated carbocycles. The van der Waals surface area contributed by atoms with Gasteiger partial charge in [-0.05, 0) is 25.5 Å². The number of aryl methyl sites for hydroxylation is 1. The van der Waals surface area contributed by atoms with E-state index in [0.29, 0.717) is 11.8 Å². The number of aromatic nitrogens is 1. The fourth-order valence-electron chi connectivity index (χ4n) is 2.10. The first-order chi connectivity index (χ1) is 11.7. The molecule has 1 atom stereocenters. The van der Waals surface area contributed by atoms with E-state index in [-0.39, 0.29) is 24.0 Å². The molecule has 1 aromatic heterocycles. The van der Waals surface area contributed by atoms with Gasteiger partial charge in [0.1, 0.15) is 0 Å². The summed E-state index contributed by atoms with van der Waals surface area (Å²) in [5, 5.41) is 10.5. The molecule has 25 heavy (non-hydrogen) atoms. The fourth-order valence-corrected chi connectivity index (χ4v) is 3.78. The molecule has 2 aromatic rings. The van der Waals surface area contributed by atoms with Crippen molar-refractivity contribution >= 4 is 53.0 Å². The van der Waals surface area contributed by atoms with Gasteiger partial charge in [0.05, 0.1) is 17.2 Å². The van der Waals surface area contributed by atoms with Crippen molar-refractivity contribution in [2.75, 3.05) is 13.1 Å². The molecule has 0 bridgehead atoms. The summed E-state index contributed by atoms with van der Waals surface area (Å²) in [5.41, 5.74) is 1.04. The van der Waals surface area contributed by atoms with Crippen LogP contribution in [0.15, 0.2) is 45.6 Å². The molecule has 0 saturated heterocycles. The lowest BCUT2D eigenvalue weighted by Gasteiger charge is -2.15. The van der Waals surface area contributed by atoms with Crippen molar-refractivity contribution in [3.05, 3.63) is 46.4 Å². The third-order valence-corrected chi connectivity index (χ3v) is 5.44. The largest absolute Gasteiger partial charge is 0.357 e. The summed E-state index contributed by atoms with van der Waals surface area (Å²) in [6, 6.07) is 10.5. The molecular formula is C18H27IN4S2. The van der Waals surface area contributed by atoms with Gasteiger partial charge >= 0.3 is 0 Å². The summed E-state index contributed by atoms with van der Waals surface area (Å²) >= 11 is 3.58. The summed E-state index contributed by atoms with van der Waals surface area (Å²) in [4.78, 5) is 10.5. The van der Waals surface area contributed by atoms with E-state index >= 15 is 0 Å². The molecule has 2 rings (SSSR count). The van der Waals surface area contributed by atoms with Gasteiger partial charge in [-0.15, -0.1) is 47.1 Å². The molecule has 2 N–H and O–H groups in total. The van der Waals surface area contributed by atoms with Crippen LogP contribution < -0.4 is 10.6 Å². The van der Waals surface area contributed by atoms with Gasteiger partial charge in [0.2, 0.25) is 0 Å². The van der Waals surface area contributed by atoms with Crippen LogP contribution in [0.2, 0.25) is 0 Å². The van der Waals surface area contributed by atoms with Crippen LogP contribution in [-0.4, -0.2) is 29.3 Å². The van der Waals surface area contributed by atoms with Gasteiger partial charge in [-0.25, -0.2) is 9.98 Å². The minimum absolute atomic E-state index is 0.